The molecule has 3 rings (SSSR count). The van der Waals surface area contributed by atoms with Gasteiger partial charge in [0.25, 0.3) is 0 Å². The minimum atomic E-state index is 0.171. The van der Waals surface area contributed by atoms with Crippen molar-refractivity contribution in [1.82, 2.24) is 15.1 Å². The highest BCUT2D eigenvalue weighted by Gasteiger charge is 2.20. The highest BCUT2D eigenvalue weighted by Crippen LogP contribution is 2.34. The molecule has 0 fully saturated rings. The number of benzene rings is 1. The lowest BCUT2D eigenvalue weighted by atomic mass is 10.0. The van der Waals surface area contributed by atoms with Crippen molar-refractivity contribution >= 4 is 0 Å². The van der Waals surface area contributed by atoms with Gasteiger partial charge in [-0.15, -0.1) is 0 Å². The highest BCUT2D eigenvalue weighted by molar-refractivity contribution is 5.45. The summed E-state index contributed by atoms with van der Waals surface area (Å²) in [5, 5.41) is 8.15. The van der Waals surface area contributed by atoms with Gasteiger partial charge in [-0.2, -0.15) is 5.10 Å². The summed E-state index contributed by atoms with van der Waals surface area (Å²) >= 11 is 0. The number of nitrogens with one attached hydrogen (secondary N) is 1. The third-order valence-electron chi connectivity index (χ3n) is 4.34. The van der Waals surface area contributed by atoms with E-state index in [1.165, 1.54) is 0 Å². The fourth-order valence-electron chi connectivity index (χ4n) is 3.01. The van der Waals surface area contributed by atoms with E-state index in [4.69, 9.17) is 14.2 Å². The summed E-state index contributed by atoms with van der Waals surface area (Å²) in [6, 6.07) is 6.23. The molecule has 0 amide bonds. The van der Waals surface area contributed by atoms with Crippen LogP contribution in [0.15, 0.2) is 18.2 Å². The van der Waals surface area contributed by atoms with Crippen molar-refractivity contribution in [1.29, 1.82) is 0 Å². The zero-order valence-electron chi connectivity index (χ0n) is 14.9. The first kappa shape index (κ1) is 16.6. The van der Waals surface area contributed by atoms with Gasteiger partial charge in [-0.3, -0.25) is 0 Å². The van der Waals surface area contributed by atoms with Crippen molar-refractivity contribution in [2.75, 3.05) is 13.9 Å². The second-order valence-electron chi connectivity index (χ2n) is 6.37. The molecular weight excluding hydrogens is 306 g/mol. The van der Waals surface area contributed by atoms with Crippen LogP contribution in [0.1, 0.15) is 49.6 Å². The lowest BCUT2D eigenvalue weighted by Gasteiger charge is -2.16. The molecule has 0 spiro atoms. The molecule has 2 aromatic rings. The van der Waals surface area contributed by atoms with Crippen molar-refractivity contribution in [2.45, 2.75) is 39.3 Å². The Morgan fingerprint density at radius 1 is 1.25 bits per heavy atom. The van der Waals surface area contributed by atoms with Crippen LogP contribution in [0.4, 0.5) is 0 Å². The standard InChI is InChI=1S/C18H25N3O3/c1-11(2)17-14(18(22-5)21(4)20-17)9-19-12(3)13-6-7-15-16(8-13)24-10-23-15/h6-8,11-12,19H,9-10H2,1-5H3. The number of aryl methyl sites for hydroxylation is 1. The molecule has 1 atom stereocenters. The molecule has 0 bridgehead atoms. The second kappa shape index (κ2) is 6.73. The number of rotatable bonds is 6. The number of hydrogen-bond donors (Lipinski definition) is 1. The number of ether oxygens (including phenoxy) is 3. The first-order valence-electron chi connectivity index (χ1n) is 8.24. The Bertz CT molecular complexity index is 725. The Morgan fingerprint density at radius 2 is 2.00 bits per heavy atom. The van der Waals surface area contributed by atoms with Gasteiger partial charge >= 0.3 is 0 Å². The molecule has 1 aromatic carbocycles. The van der Waals surface area contributed by atoms with Crippen LogP contribution < -0.4 is 19.5 Å². The average Bonchev–Trinajstić information content (AvgIpc) is 3.15. The summed E-state index contributed by atoms with van der Waals surface area (Å²) in [5.74, 6) is 2.77. The maximum absolute atomic E-state index is 5.53. The molecule has 6 nitrogen and oxygen atoms in total. The monoisotopic (exact) mass is 331 g/mol. The van der Waals surface area contributed by atoms with Crippen molar-refractivity contribution < 1.29 is 14.2 Å². The van der Waals surface area contributed by atoms with Gasteiger partial charge in [0.15, 0.2) is 11.5 Å². The van der Waals surface area contributed by atoms with E-state index in [1.807, 2.05) is 19.2 Å². The van der Waals surface area contributed by atoms with Crippen LogP contribution >= 0.6 is 0 Å². The molecule has 2 heterocycles. The van der Waals surface area contributed by atoms with Crippen LogP contribution in [0, 0.1) is 0 Å². The smallest absolute Gasteiger partial charge is 0.231 e. The van der Waals surface area contributed by atoms with Crippen LogP contribution in [0.25, 0.3) is 0 Å². The molecule has 0 radical (unpaired) electrons. The second-order valence-corrected chi connectivity index (χ2v) is 6.37. The molecule has 0 aliphatic carbocycles. The number of fused-ring (bicyclic) bond motifs is 1. The van der Waals surface area contributed by atoms with Crippen LogP contribution in [0.3, 0.4) is 0 Å². The van der Waals surface area contributed by atoms with Crippen LogP contribution in [-0.2, 0) is 13.6 Å². The lowest BCUT2D eigenvalue weighted by molar-refractivity contribution is 0.174. The molecule has 130 valence electrons. The first-order valence-corrected chi connectivity index (χ1v) is 8.24. The van der Waals surface area contributed by atoms with Gasteiger partial charge in [0.2, 0.25) is 12.7 Å². The fourth-order valence-corrected chi connectivity index (χ4v) is 3.01. The Morgan fingerprint density at radius 3 is 2.71 bits per heavy atom. The lowest BCUT2D eigenvalue weighted by Crippen LogP contribution is -2.19. The summed E-state index contributed by atoms with van der Waals surface area (Å²) in [6.45, 7) is 7.42. The maximum atomic E-state index is 5.53. The molecular formula is C18H25N3O3. The Kier molecular flexibility index (Phi) is 4.66. The summed E-state index contributed by atoms with van der Waals surface area (Å²) < 4.78 is 18.2. The quantitative estimate of drug-likeness (QED) is 0.881. The van der Waals surface area contributed by atoms with Gasteiger partial charge in [0.1, 0.15) is 0 Å². The maximum Gasteiger partial charge on any atom is 0.231 e. The van der Waals surface area contributed by atoms with Gasteiger partial charge in [-0.1, -0.05) is 19.9 Å². The zero-order chi connectivity index (χ0) is 17.3. The van der Waals surface area contributed by atoms with E-state index in [2.05, 4.69) is 37.3 Å². The minimum Gasteiger partial charge on any atom is -0.481 e. The van der Waals surface area contributed by atoms with Crippen LogP contribution in [0.5, 0.6) is 17.4 Å². The first-order chi connectivity index (χ1) is 11.5. The molecule has 1 aliphatic heterocycles. The number of aromatic nitrogens is 2. The number of hydrogen-bond acceptors (Lipinski definition) is 5. The SMILES string of the molecule is COc1c(CNC(C)c2ccc3c(c2)OCO3)c(C(C)C)nn1C. The summed E-state index contributed by atoms with van der Waals surface area (Å²) in [7, 11) is 3.60. The van der Waals surface area contributed by atoms with Gasteiger partial charge in [-0.05, 0) is 30.5 Å². The Balaban J connectivity index is 1.76. The van der Waals surface area contributed by atoms with Crippen LogP contribution in [0.2, 0.25) is 0 Å². The van der Waals surface area contributed by atoms with E-state index in [9.17, 15) is 0 Å². The molecule has 1 aliphatic rings. The van der Waals surface area contributed by atoms with Crippen molar-refractivity contribution in [3.05, 3.63) is 35.0 Å². The molecule has 0 saturated heterocycles. The van der Waals surface area contributed by atoms with E-state index in [-0.39, 0.29) is 6.04 Å². The zero-order valence-corrected chi connectivity index (χ0v) is 14.9. The van der Waals surface area contributed by atoms with Gasteiger partial charge in [0, 0.05) is 19.6 Å². The van der Waals surface area contributed by atoms with E-state index >= 15 is 0 Å². The van der Waals surface area contributed by atoms with E-state index in [0.29, 0.717) is 19.3 Å². The summed E-state index contributed by atoms with van der Waals surface area (Å²) in [5.41, 5.74) is 3.34. The largest absolute Gasteiger partial charge is 0.481 e. The predicted octanol–water partition coefficient (Wildman–Crippen LogP) is 3.13. The van der Waals surface area contributed by atoms with E-state index in [1.54, 1.807) is 11.8 Å². The third-order valence-corrected chi connectivity index (χ3v) is 4.34. The number of nitrogens with zero attached hydrogens (tertiary/aromatic N) is 2. The fraction of sp³-hybridized carbons (Fsp3) is 0.500. The van der Waals surface area contributed by atoms with E-state index < -0.39 is 0 Å². The molecule has 6 heteroatoms. The van der Waals surface area contributed by atoms with Crippen molar-refractivity contribution in [2.24, 2.45) is 7.05 Å². The Labute approximate surface area is 142 Å². The van der Waals surface area contributed by atoms with Crippen LogP contribution in [-0.4, -0.2) is 23.7 Å². The molecule has 1 aromatic heterocycles. The molecule has 1 N–H and O–H groups in total. The van der Waals surface area contributed by atoms with Gasteiger partial charge in [-0.25, -0.2) is 4.68 Å². The Hall–Kier alpha value is -2.21. The summed E-state index contributed by atoms with van der Waals surface area (Å²) in [6.07, 6.45) is 0. The van der Waals surface area contributed by atoms with Gasteiger partial charge < -0.3 is 19.5 Å². The minimum absolute atomic E-state index is 0.171. The van der Waals surface area contributed by atoms with Gasteiger partial charge in [0.05, 0.1) is 18.4 Å². The molecule has 0 saturated carbocycles. The van der Waals surface area contributed by atoms with Crippen molar-refractivity contribution in [3.8, 4) is 17.4 Å². The predicted molar refractivity (Wildman–Crippen MR) is 91.7 cm³/mol. The normalized spacial score (nSPS) is 14.2. The molecule has 1 unspecified atom stereocenters. The third kappa shape index (κ3) is 3.06. The number of methoxy groups -OCH3 is 1. The summed E-state index contributed by atoms with van der Waals surface area (Å²) in [4.78, 5) is 0. The average molecular weight is 331 g/mol. The topological polar surface area (TPSA) is 57.5 Å². The van der Waals surface area contributed by atoms with E-state index in [0.717, 1.165) is 34.2 Å². The molecule has 24 heavy (non-hydrogen) atoms. The highest BCUT2D eigenvalue weighted by atomic mass is 16.7. The van der Waals surface area contributed by atoms with Crippen molar-refractivity contribution in [3.63, 3.8) is 0 Å².